The molecule has 1 aromatic heterocycles. The Hall–Kier alpha value is -1.90. The van der Waals surface area contributed by atoms with Crippen LogP contribution >= 0.6 is 0 Å². The van der Waals surface area contributed by atoms with E-state index in [4.69, 9.17) is 0 Å². The molecule has 2 aromatic rings. The summed E-state index contributed by atoms with van der Waals surface area (Å²) in [5, 5.41) is 0. The smallest absolute Gasteiger partial charge is 0.123 e. The van der Waals surface area contributed by atoms with Crippen LogP contribution in [0.15, 0.2) is 41.5 Å². The van der Waals surface area contributed by atoms with Gasteiger partial charge in [-0.1, -0.05) is 0 Å². The van der Waals surface area contributed by atoms with Gasteiger partial charge in [-0.25, -0.2) is 4.39 Å². The van der Waals surface area contributed by atoms with E-state index >= 15 is 0 Å². The van der Waals surface area contributed by atoms with Crippen molar-refractivity contribution in [2.75, 3.05) is 0 Å². The minimum Gasteiger partial charge on any atom is -0.342 e. The van der Waals surface area contributed by atoms with Crippen LogP contribution in [-0.2, 0) is 6.54 Å². The molecule has 0 bridgehead atoms. The number of aromatic nitrogens is 1. The molecule has 0 N–H and O–H groups in total. The predicted octanol–water partition coefficient (Wildman–Crippen LogP) is 2.74. The highest BCUT2D eigenvalue weighted by molar-refractivity contribution is 5.81. The topological polar surface area (TPSA) is 17.3 Å². The molecule has 0 saturated carbocycles. The van der Waals surface area contributed by atoms with Crippen LogP contribution < -0.4 is 0 Å². The molecule has 74 valence electrons. The molecule has 15 heavy (non-hydrogen) atoms. The number of nitrogens with zero attached hydrogens (tertiary/aromatic N) is 2. The van der Waals surface area contributed by atoms with Gasteiger partial charge in [-0.15, -0.1) is 0 Å². The van der Waals surface area contributed by atoms with E-state index in [-0.39, 0.29) is 5.82 Å². The van der Waals surface area contributed by atoms with Crippen molar-refractivity contribution in [1.82, 2.24) is 4.57 Å². The van der Waals surface area contributed by atoms with Crippen LogP contribution in [0.3, 0.4) is 0 Å². The second kappa shape index (κ2) is 3.05. The van der Waals surface area contributed by atoms with Gasteiger partial charge in [-0.05, 0) is 30.3 Å². The first kappa shape index (κ1) is 8.41. The third-order valence-electron chi connectivity index (χ3n) is 2.58. The highest BCUT2D eigenvalue weighted by Gasteiger charge is 2.09. The lowest BCUT2D eigenvalue weighted by Crippen LogP contribution is -2.00. The monoisotopic (exact) mass is 200 g/mol. The van der Waals surface area contributed by atoms with Gasteiger partial charge in [0.25, 0.3) is 0 Å². The maximum absolute atomic E-state index is 13.1. The average Bonchev–Trinajstić information content (AvgIpc) is 2.58. The van der Waals surface area contributed by atoms with Crippen LogP contribution in [0.2, 0.25) is 0 Å². The first-order valence-electron chi connectivity index (χ1n) is 4.80. The summed E-state index contributed by atoms with van der Waals surface area (Å²) in [5.41, 5.74) is 2.81. The summed E-state index contributed by atoms with van der Waals surface area (Å²) < 4.78 is 15.1. The molecule has 0 saturated heterocycles. The van der Waals surface area contributed by atoms with E-state index in [2.05, 4.69) is 9.56 Å². The van der Waals surface area contributed by atoms with Crippen LogP contribution in [0.25, 0.3) is 0 Å². The molecule has 1 aliphatic heterocycles. The number of fused-ring (bicyclic) bond motifs is 2. The van der Waals surface area contributed by atoms with E-state index < -0.39 is 0 Å². The summed E-state index contributed by atoms with van der Waals surface area (Å²) in [7, 11) is 0. The van der Waals surface area contributed by atoms with Crippen molar-refractivity contribution in [2.24, 2.45) is 4.99 Å². The van der Waals surface area contributed by atoms with E-state index in [9.17, 15) is 4.39 Å². The molecule has 1 aromatic carbocycles. The fourth-order valence-corrected chi connectivity index (χ4v) is 1.81. The maximum Gasteiger partial charge on any atom is 0.123 e. The Morgan fingerprint density at radius 1 is 1.27 bits per heavy atom. The Morgan fingerprint density at radius 2 is 2.20 bits per heavy atom. The fraction of sp³-hybridized carbons (Fsp3) is 0.0833. The highest BCUT2D eigenvalue weighted by atomic mass is 19.1. The molecule has 3 rings (SSSR count). The van der Waals surface area contributed by atoms with Gasteiger partial charge in [-0.2, -0.15) is 0 Å². The normalized spacial score (nSPS) is 13.1. The Bertz CT molecular complexity index is 540. The SMILES string of the molecule is Fc1ccc2c(c1)Cn1cccc1C=N2. The summed E-state index contributed by atoms with van der Waals surface area (Å²) in [6.07, 6.45) is 3.78. The molecule has 0 spiro atoms. The third kappa shape index (κ3) is 1.36. The van der Waals surface area contributed by atoms with E-state index in [0.29, 0.717) is 6.54 Å². The molecule has 0 amide bonds. The summed E-state index contributed by atoms with van der Waals surface area (Å²) in [6.45, 7) is 0.676. The van der Waals surface area contributed by atoms with Crippen LogP contribution in [0, 0.1) is 5.82 Å². The van der Waals surface area contributed by atoms with E-state index in [0.717, 1.165) is 16.9 Å². The summed E-state index contributed by atoms with van der Waals surface area (Å²) in [4.78, 5) is 4.33. The van der Waals surface area contributed by atoms with Crippen molar-refractivity contribution in [3.63, 3.8) is 0 Å². The zero-order valence-electron chi connectivity index (χ0n) is 8.02. The lowest BCUT2D eigenvalue weighted by Gasteiger charge is -2.05. The van der Waals surface area contributed by atoms with Crippen molar-refractivity contribution >= 4 is 11.9 Å². The molecular weight excluding hydrogens is 191 g/mol. The number of benzene rings is 1. The van der Waals surface area contributed by atoms with Gasteiger partial charge in [-0.3, -0.25) is 4.99 Å². The Kier molecular flexibility index (Phi) is 1.71. The van der Waals surface area contributed by atoms with E-state index in [1.165, 1.54) is 6.07 Å². The first-order chi connectivity index (χ1) is 7.33. The Balaban J connectivity index is 2.18. The third-order valence-corrected chi connectivity index (χ3v) is 2.58. The molecule has 0 radical (unpaired) electrons. The van der Waals surface area contributed by atoms with Crippen molar-refractivity contribution in [2.45, 2.75) is 6.54 Å². The van der Waals surface area contributed by atoms with Gasteiger partial charge in [0.15, 0.2) is 0 Å². The first-order valence-corrected chi connectivity index (χ1v) is 4.80. The fourth-order valence-electron chi connectivity index (χ4n) is 1.81. The molecule has 0 fully saturated rings. The van der Waals surface area contributed by atoms with Gasteiger partial charge < -0.3 is 4.57 Å². The molecule has 0 unspecified atom stereocenters. The minimum atomic E-state index is -0.209. The van der Waals surface area contributed by atoms with Gasteiger partial charge in [0.1, 0.15) is 5.82 Å². The van der Waals surface area contributed by atoms with Crippen LogP contribution in [0.1, 0.15) is 11.3 Å². The maximum atomic E-state index is 13.1. The Labute approximate surface area is 86.7 Å². The zero-order chi connectivity index (χ0) is 10.3. The minimum absolute atomic E-state index is 0.209. The average molecular weight is 200 g/mol. The van der Waals surface area contributed by atoms with Crippen molar-refractivity contribution in [3.8, 4) is 0 Å². The summed E-state index contributed by atoms with van der Waals surface area (Å²) in [5.74, 6) is -0.209. The molecule has 0 aliphatic carbocycles. The molecule has 1 aliphatic rings. The van der Waals surface area contributed by atoms with Crippen molar-refractivity contribution in [3.05, 3.63) is 53.6 Å². The second-order valence-electron chi connectivity index (χ2n) is 3.59. The van der Waals surface area contributed by atoms with Crippen LogP contribution in [0.4, 0.5) is 10.1 Å². The summed E-state index contributed by atoms with van der Waals surface area (Å²) in [6, 6.07) is 8.66. The molecular formula is C12H9FN2. The quantitative estimate of drug-likeness (QED) is 0.531. The number of aliphatic imine (C=N–C) groups is 1. The summed E-state index contributed by atoms with van der Waals surface area (Å²) >= 11 is 0. The molecule has 2 nitrogen and oxygen atoms in total. The van der Waals surface area contributed by atoms with Crippen molar-refractivity contribution in [1.29, 1.82) is 0 Å². The van der Waals surface area contributed by atoms with Gasteiger partial charge >= 0.3 is 0 Å². The second-order valence-corrected chi connectivity index (χ2v) is 3.59. The number of hydrogen-bond acceptors (Lipinski definition) is 1. The number of rotatable bonds is 0. The Morgan fingerprint density at radius 3 is 3.13 bits per heavy atom. The zero-order valence-corrected chi connectivity index (χ0v) is 8.02. The van der Waals surface area contributed by atoms with Gasteiger partial charge in [0.2, 0.25) is 0 Å². The van der Waals surface area contributed by atoms with E-state index in [1.807, 2.05) is 24.5 Å². The highest BCUT2D eigenvalue weighted by Crippen LogP contribution is 2.24. The standard InChI is InChI=1S/C12H9FN2/c13-10-3-4-12-9(6-10)8-15-5-1-2-11(15)7-14-12/h1-7H,8H2. The largest absolute Gasteiger partial charge is 0.342 e. The van der Waals surface area contributed by atoms with Crippen molar-refractivity contribution < 1.29 is 4.39 Å². The van der Waals surface area contributed by atoms with E-state index in [1.54, 1.807) is 12.1 Å². The van der Waals surface area contributed by atoms with Gasteiger partial charge in [0, 0.05) is 18.3 Å². The molecule has 2 heterocycles. The predicted molar refractivity (Wildman–Crippen MR) is 57.2 cm³/mol. The van der Waals surface area contributed by atoms with Crippen LogP contribution in [-0.4, -0.2) is 10.8 Å². The molecule has 3 heteroatoms. The van der Waals surface area contributed by atoms with Crippen LogP contribution in [0.5, 0.6) is 0 Å². The number of halogens is 1. The lowest BCUT2D eigenvalue weighted by atomic mass is 10.2. The number of hydrogen-bond donors (Lipinski definition) is 0. The molecule has 0 atom stereocenters. The van der Waals surface area contributed by atoms with Gasteiger partial charge in [0.05, 0.1) is 17.6 Å². The lowest BCUT2D eigenvalue weighted by molar-refractivity contribution is 0.624.